The number of nitrogens with two attached hydrogens (primary N) is 1. The lowest BCUT2D eigenvalue weighted by molar-refractivity contribution is 0.593. The summed E-state index contributed by atoms with van der Waals surface area (Å²) in [5.74, 6) is 0. The van der Waals surface area contributed by atoms with Crippen LogP contribution in [0.25, 0.3) is 0 Å². The Morgan fingerprint density at radius 3 is 2.79 bits per heavy atom. The van der Waals surface area contributed by atoms with Crippen molar-refractivity contribution in [1.29, 1.82) is 0 Å². The molecule has 2 aromatic heterocycles. The number of nitrogens with one attached hydrogen (secondary N) is 1. The van der Waals surface area contributed by atoms with Gasteiger partial charge in [-0.2, -0.15) is 5.10 Å². The maximum atomic E-state index is 12.3. The summed E-state index contributed by atoms with van der Waals surface area (Å²) in [5, 5.41) is 11.7. The van der Waals surface area contributed by atoms with E-state index in [1.165, 1.54) is 5.51 Å². The van der Waals surface area contributed by atoms with Crippen LogP contribution in [0.3, 0.4) is 0 Å². The van der Waals surface area contributed by atoms with Gasteiger partial charge in [0.1, 0.15) is 10.4 Å². The molecule has 0 saturated heterocycles. The van der Waals surface area contributed by atoms with Crippen molar-refractivity contribution in [3.63, 3.8) is 0 Å². The molecule has 3 N–H and O–H groups in total. The highest BCUT2D eigenvalue weighted by molar-refractivity contribution is 7.93. The molecule has 104 valence electrons. The van der Waals surface area contributed by atoms with Crippen LogP contribution in [0.15, 0.2) is 10.4 Å². The number of nitrogens with zero attached hydrogens (tertiary/aromatic N) is 4. The topological polar surface area (TPSA) is 116 Å². The Kier molecular flexibility index (Phi) is 3.83. The summed E-state index contributed by atoms with van der Waals surface area (Å²) in [4.78, 5) is 0.163. The van der Waals surface area contributed by atoms with Crippen LogP contribution < -0.4 is 10.5 Å². The minimum absolute atomic E-state index is 0.163. The number of aryl methyl sites for hydroxylation is 1. The molecule has 8 nitrogen and oxygen atoms in total. The van der Waals surface area contributed by atoms with Crippen molar-refractivity contribution in [3.05, 3.63) is 16.9 Å². The summed E-state index contributed by atoms with van der Waals surface area (Å²) in [5.41, 5.74) is 7.91. The zero-order chi connectivity index (χ0) is 14.0. The smallest absolute Gasteiger partial charge is 0.267 e. The predicted molar refractivity (Wildman–Crippen MR) is 71.5 cm³/mol. The van der Waals surface area contributed by atoms with E-state index in [1.54, 1.807) is 18.5 Å². The molecule has 2 heterocycles. The Morgan fingerprint density at radius 1 is 1.47 bits per heavy atom. The van der Waals surface area contributed by atoms with Crippen LogP contribution in [0.1, 0.15) is 11.4 Å². The van der Waals surface area contributed by atoms with Gasteiger partial charge in [0.15, 0.2) is 0 Å². The van der Waals surface area contributed by atoms with Crippen molar-refractivity contribution in [2.75, 3.05) is 11.3 Å². The molecule has 10 heteroatoms. The Labute approximate surface area is 114 Å². The highest BCUT2D eigenvalue weighted by Crippen LogP contribution is 2.22. The van der Waals surface area contributed by atoms with Gasteiger partial charge in [-0.05, 0) is 13.8 Å². The zero-order valence-corrected chi connectivity index (χ0v) is 12.1. The third kappa shape index (κ3) is 2.74. The summed E-state index contributed by atoms with van der Waals surface area (Å²) in [6, 6.07) is 0. The van der Waals surface area contributed by atoms with Gasteiger partial charge in [0.2, 0.25) is 5.13 Å². The van der Waals surface area contributed by atoms with Crippen LogP contribution in [0, 0.1) is 13.8 Å². The molecule has 0 spiro atoms. The first kappa shape index (κ1) is 13.9. The second-order valence-corrected chi connectivity index (χ2v) is 6.31. The van der Waals surface area contributed by atoms with E-state index >= 15 is 0 Å². The van der Waals surface area contributed by atoms with E-state index in [0.29, 0.717) is 24.5 Å². The SMILES string of the molecule is Cc1nn(CCN)c(C)c1S(=O)(=O)Nc1nncs1. The third-order valence-electron chi connectivity index (χ3n) is 2.51. The maximum absolute atomic E-state index is 12.3. The van der Waals surface area contributed by atoms with Gasteiger partial charge >= 0.3 is 0 Å². The minimum Gasteiger partial charge on any atom is -0.329 e. The van der Waals surface area contributed by atoms with Crippen LogP contribution in [0.5, 0.6) is 0 Å². The molecule has 2 aromatic rings. The normalized spacial score (nSPS) is 11.7. The lowest BCUT2D eigenvalue weighted by atomic mass is 10.4. The molecule has 0 saturated carbocycles. The lowest BCUT2D eigenvalue weighted by Gasteiger charge is -2.05. The van der Waals surface area contributed by atoms with Crippen LogP contribution in [-0.4, -0.2) is 34.9 Å². The Balaban J connectivity index is 2.40. The van der Waals surface area contributed by atoms with Gasteiger partial charge in [-0.3, -0.25) is 9.40 Å². The molecule has 0 radical (unpaired) electrons. The predicted octanol–water partition coefficient (Wildman–Crippen LogP) is 0.111. The summed E-state index contributed by atoms with van der Waals surface area (Å²) in [7, 11) is -3.71. The van der Waals surface area contributed by atoms with Crippen LogP contribution in [-0.2, 0) is 16.6 Å². The first-order valence-corrected chi connectivity index (χ1v) is 7.85. The van der Waals surface area contributed by atoms with Gasteiger partial charge in [-0.25, -0.2) is 8.42 Å². The van der Waals surface area contributed by atoms with Gasteiger partial charge in [0.25, 0.3) is 10.0 Å². The molecular weight excluding hydrogens is 288 g/mol. The molecule has 0 bridgehead atoms. The van der Waals surface area contributed by atoms with Gasteiger partial charge in [0, 0.05) is 6.54 Å². The van der Waals surface area contributed by atoms with E-state index in [0.717, 1.165) is 11.3 Å². The largest absolute Gasteiger partial charge is 0.329 e. The fourth-order valence-corrected chi connectivity index (χ4v) is 3.90. The molecule has 2 rings (SSSR count). The molecule has 0 aliphatic heterocycles. The standard InChI is InChI=1S/C9H14N6O2S2/c1-6-8(7(2)15(13-6)4-3-10)19(16,17)14-9-12-11-5-18-9/h5H,3-4,10H2,1-2H3,(H,12,14). The minimum atomic E-state index is -3.71. The van der Waals surface area contributed by atoms with Crippen LogP contribution >= 0.6 is 11.3 Å². The molecule has 0 amide bonds. The maximum Gasteiger partial charge on any atom is 0.267 e. The van der Waals surface area contributed by atoms with Crippen LogP contribution in [0.2, 0.25) is 0 Å². The highest BCUT2D eigenvalue weighted by atomic mass is 32.2. The number of aromatic nitrogens is 4. The van der Waals surface area contributed by atoms with Gasteiger partial charge in [0.05, 0.1) is 17.9 Å². The average molecular weight is 302 g/mol. The van der Waals surface area contributed by atoms with Gasteiger partial charge in [-0.1, -0.05) is 11.3 Å². The summed E-state index contributed by atoms with van der Waals surface area (Å²) in [6.07, 6.45) is 0. The fourth-order valence-electron chi connectivity index (χ4n) is 1.79. The van der Waals surface area contributed by atoms with Gasteiger partial charge < -0.3 is 5.73 Å². The Hall–Kier alpha value is -1.52. The molecular formula is C9H14N6O2S2. The van der Waals surface area contributed by atoms with Crippen molar-refractivity contribution in [1.82, 2.24) is 20.0 Å². The quantitative estimate of drug-likeness (QED) is 0.810. The molecule has 19 heavy (non-hydrogen) atoms. The second-order valence-electron chi connectivity index (χ2n) is 3.86. The van der Waals surface area contributed by atoms with E-state index in [-0.39, 0.29) is 10.0 Å². The van der Waals surface area contributed by atoms with E-state index in [2.05, 4.69) is 20.0 Å². The molecule has 0 aromatic carbocycles. The molecule has 0 aliphatic carbocycles. The van der Waals surface area contributed by atoms with E-state index in [1.807, 2.05) is 0 Å². The van der Waals surface area contributed by atoms with Crippen molar-refractivity contribution >= 4 is 26.5 Å². The molecule has 0 atom stereocenters. The van der Waals surface area contributed by atoms with E-state index in [4.69, 9.17) is 5.73 Å². The first-order chi connectivity index (χ1) is 8.95. The lowest BCUT2D eigenvalue weighted by Crippen LogP contribution is -2.16. The first-order valence-electron chi connectivity index (χ1n) is 5.48. The van der Waals surface area contributed by atoms with Crippen LogP contribution in [0.4, 0.5) is 5.13 Å². The van der Waals surface area contributed by atoms with Gasteiger partial charge in [-0.15, -0.1) is 10.2 Å². The zero-order valence-electron chi connectivity index (χ0n) is 10.5. The highest BCUT2D eigenvalue weighted by Gasteiger charge is 2.25. The average Bonchev–Trinajstić information content (AvgIpc) is 2.88. The summed E-state index contributed by atoms with van der Waals surface area (Å²) >= 11 is 1.11. The Morgan fingerprint density at radius 2 is 2.21 bits per heavy atom. The number of hydrogen-bond donors (Lipinski definition) is 2. The monoisotopic (exact) mass is 302 g/mol. The summed E-state index contributed by atoms with van der Waals surface area (Å²) in [6.45, 7) is 4.21. The van der Waals surface area contributed by atoms with Crippen molar-refractivity contribution in [2.45, 2.75) is 25.3 Å². The van der Waals surface area contributed by atoms with Crippen molar-refractivity contribution in [3.8, 4) is 0 Å². The second kappa shape index (κ2) is 5.23. The number of sulfonamides is 1. The number of anilines is 1. The van der Waals surface area contributed by atoms with E-state index < -0.39 is 10.0 Å². The van der Waals surface area contributed by atoms with Crippen molar-refractivity contribution in [2.24, 2.45) is 5.73 Å². The number of hydrogen-bond acceptors (Lipinski definition) is 7. The number of rotatable bonds is 5. The Bertz CT molecular complexity index is 661. The fraction of sp³-hybridized carbons (Fsp3) is 0.444. The third-order valence-corrected chi connectivity index (χ3v) is 4.83. The van der Waals surface area contributed by atoms with E-state index in [9.17, 15) is 8.42 Å². The molecule has 0 unspecified atom stereocenters. The van der Waals surface area contributed by atoms with Crippen molar-refractivity contribution < 1.29 is 8.42 Å². The molecule has 0 fully saturated rings. The summed E-state index contributed by atoms with van der Waals surface area (Å²) < 4.78 is 28.6. The molecule has 0 aliphatic rings.